The van der Waals surface area contributed by atoms with Crippen LogP contribution >= 0.6 is 0 Å². The zero-order valence-corrected chi connectivity index (χ0v) is 12.9. The van der Waals surface area contributed by atoms with Crippen LogP contribution in [0.25, 0.3) is 6.08 Å². The van der Waals surface area contributed by atoms with Crippen molar-refractivity contribution >= 4 is 11.9 Å². The molecule has 0 saturated heterocycles. The fraction of sp³-hybridized carbons (Fsp3) is 0.167. The first kappa shape index (κ1) is 16.2. The van der Waals surface area contributed by atoms with Gasteiger partial charge >= 0.3 is 0 Å². The molecule has 0 aliphatic carbocycles. The van der Waals surface area contributed by atoms with Gasteiger partial charge in [0, 0.05) is 12.3 Å². The number of pyridine rings is 1. The van der Waals surface area contributed by atoms with Gasteiger partial charge in [-0.15, -0.1) is 0 Å². The second-order valence-electron chi connectivity index (χ2n) is 4.70. The minimum absolute atomic E-state index is 0.326. The van der Waals surface area contributed by atoms with Crippen molar-refractivity contribution in [3.8, 4) is 17.6 Å². The molecule has 0 unspecified atom stereocenters. The number of ether oxygens (including phenoxy) is 2. The average Bonchev–Trinajstić information content (AvgIpc) is 2.61. The third kappa shape index (κ3) is 4.17. The van der Waals surface area contributed by atoms with E-state index in [-0.39, 0.29) is 5.78 Å². The lowest BCUT2D eigenvalue weighted by molar-refractivity contribution is -0.114. The Morgan fingerprint density at radius 3 is 2.43 bits per heavy atom. The van der Waals surface area contributed by atoms with E-state index >= 15 is 0 Å². The van der Waals surface area contributed by atoms with Crippen LogP contribution < -0.4 is 9.47 Å². The highest BCUT2D eigenvalue weighted by molar-refractivity contribution is 6.00. The van der Waals surface area contributed by atoms with Gasteiger partial charge in [0.2, 0.25) is 0 Å². The summed E-state index contributed by atoms with van der Waals surface area (Å²) in [6.07, 6.45) is 4.56. The van der Waals surface area contributed by atoms with Crippen LogP contribution in [0.5, 0.6) is 11.5 Å². The normalized spacial score (nSPS) is 11.7. The molecule has 0 aliphatic rings. The van der Waals surface area contributed by atoms with Crippen molar-refractivity contribution in [3.05, 3.63) is 59.9 Å². The number of carbonyl (C=O) groups is 1. The first-order valence-electron chi connectivity index (χ1n) is 6.93. The van der Waals surface area contributed by atoms with Gasteiger partial charge in [0.1, 0.15) is 11.5 Å². The first-order chi connectivity index (χ1) is 11.2. The van der Waals surface area contributed by atoms with E-state index in [0.717, 1.165) is 5.56 Å². The molecule has 1 aromatic heterocycles. The van der Waals surface area contributed by atoms with Gasteiger partial charge in [0.15, 0.2) is 11.7 Å². The van der Waals surface area contributed by atoms with Gasteiger partial charge in [0.05, 0.1) is 26.0 Å². The molecule has 1 aromatic carbocycles. The van der Waals surface area contributed by atoms with E-state index in [0.29, 0.717) is 17.2 Å². The predicted molar refractivity (Wildman–Crippen MR) is 86.2 cm³/mol. The molecule has 0 saturated carbocycles. The molecular formula is C18H16N2O3. The number of hydrogen-bond donors (Lipinski definition) is 0. The zero-order chi connectivity index (χ0) is 16.7. The number of allylic oxidation sites excluding steroid dienone is 1. The van der Waals surface area contributed by atoms with Crippen LogP contribution in [-0.2, 0) is 4.79 Å². The second-order valence-corrected chi connectivity index (χ2v) is 4.70. The number of methoxy groups -OCH3 is 2. The summed E-state index contributed by atoms with van der Waals surface area (Å²) in [4.78, 5) is 16.3. The summed E-state index contributed by atoms with van der Waals surface area (Å²) in [7, 11) is 3.11. The van der Waals surface area contributed by atoms with Gasteiger partial charge in [-0.2, -0.15) is 5.26 Å². The standard InChI is InChI=1S/C18H16N2O3/c1-22-14-9-13(10-15(11-14)23-2)6-7-18(21)16(12-19)17-5-3-4-8-20-17/h3-11,16H,1-2H3/b7-6+/t16-/m0/s1. The Morgan fingerprint density at radius 2 is 1.91 bits per heavy atom. The lowest BCUT2D eigenvalue weighted by Crippen LogP contribution is -2.09. The molecule has 0 bridgehead atoms. The van der Waals surface area contributed by atoms with Crippen molar-refractivity contribution < 1.29 is 14.3 Å². The summed E-state index contributed by atoms with van der Waals surface area (Å²) in [5.41, 5.74) is 1.18. The summed E-state index contributed by atoms with van der Waals surface area (Å²) in [6, 6.07) is 12.4. The number of nitrogens with zero attached hydrogens (tertiary/aromatic N) is 2. The Morgan fingerprint density at radius 1 is 1.22 bits per heavy atom. The van der Waals surface area contributed by atoms with E-state index < -0.39 is 5.92 Å². The number of rotatable bonds is 6. The fourth-order valence-electron chi connectivity index (χ4n) is 2.02. The Hall–Kier alpha value is -3.13. The van der Waals surface area contributed by atoms with Gasteiger partial charge in [-0.1, -0.05) is 12.1 Å². The van der Waals surface area contributed by atoms with Crippen LogP contribution in [0.4, 0.5) is 0 Å². The Bertz CT molecular complexity index is 726. The highest BCUT2D eigenvalue weighted by Gasteiger charge is 2.18. The molecule has 1 heterocycles. The lowest BCUT2D eigenvalue weighted by atomic mass is 10.00. The summed E-state index contributed by atoms with van der Waals surface area (Å²) >= 11 is 0. The van der Waals surface area contributed by atoms with Crippen LogP contribution in [-0.4, -0.2) is 25.0 Å². The van der Waals surface area contributed by atoms with Crippen LogP contribution in [0.2, 0.25) is 0 Å². The van der Waals surface area contributed by atoms with E-state index in [1.807, 2.05) is 6.07 Å². The molecule has 5 heteroatoms. The molecule has 0 fully saturated rings. The van der Waals surface area contributed by atoms with Crippen LogP contribution in [0.1, 0.15) is 17.2 Å². The van der Waals surface area contributed by atoms with Crippen LogP contribution in [0, 0.1) is 11.3 Å². The van der Waals surface area contributed by atoms with E-state index in [4.69, 9.17) is 9.47 Å². The average molecular weight is 308 g/mol. The molecule has 23 heavy (non-hydrogen) atoms. The van der Waals surface area contributed by atoms with E-state index in [1.54, 1.807) is 62.9 Å². The first-order valence-corrected chi connectivity index (χ1v) is 6.93. The summed E-state index contributed by atoms with van der Waals surface area (Å²) in [5, 5.41) is 9.23. The molecule has 0 aliphatic heterocycles. The Labute approximate surface area is 134 Å². The van der Waals surface area contributed by atoms with Gasteiger partial charge in [-0.25, -0.2) is 0 Å². The number of hydrogen-bond acceptors (Lipinski definition) is 5. The minimum Gasteiger partial charge on any atom is -0.497 e. The van der Waals surface area contributed by atoms with Crippen LogP contribution in [0.15, 0.2) is 48.7 Å². The molecular weight excluding hydrogens is 292 g/mol. The maximum absolute atomic E-state index is 12.2. The summed E-state index contributed by atoms with van der Waals surface area (Å²) < 4.78 is 10.4. The molecule has 2 rings (SSSR count). The zero-order valence-electron chi connectivity index (χ0n) is 12.9. The molecule has 5 nitrogen and oxygen atoms in total. The van der Waals surface area contributed by atoms with Gasteiger partial charge in [0.25, 0.3) is 0 Å². The SMILES string of the molecule is COc1cc(/C=C/C(=O)[C@@H](C#N)c2ccccn2)cc(OC)c1. The number of benzene rings is 1. The molecule has 0 radical (unpaired) electrons. The molecule has 1 atom stereocenters. The lowest BCUT2D eigenvalue weighted by Gasteiger charge is -2.06. The largest absolute Gasteiger partial charge is 0.497 e. The van der Waals surface area contributed by atoms with Gasteiger partial charge < -0.3 is 9.47 Å². The summed E-state index contributed by atoms with van der Waals surface area (Å²) in [6.45, 7) is 0. The molecule has 0 amide bonds. The predicted octanol–water partition coefficient (Wildman–Crippen LogP) is 2.99. The number of aromatic nitrogens is 1. The van der Waals surface area contributed by atoms with Crippen molar-refractivity contribution in [2.75, 3.05) is 14.2 Å². The van der Waals surface area contributed by atoms with Gasteiger partial charge in [-0.05, 0) is 35.9 Å². The van der Waals surface area contributed by atoms with E-state index in [2.05, 4.69) is 4.98 Å². The maximum atomic E-state index is 12.2. The topological polar surface area (TPSA) is 72.2 Å². The van der Waals surface area contributed by atoms with Crippen LogP contribution in [0.3, 0.4) is 0 Å². The molecule has 2 aromatic rings. The van der Waals surface area contributed by atoms with Crippen molar-refractivity contribution in [3.63, 3.8) is 0 Å². The highest BCUT2D eigenvalue weighted by Crippen LogP contribution is 2.23. The van der Waals surface area contributed by atoms with Crippen molar-refractivity contribution in [1.82, 2.24) is 4.98 Å². The second kappa shape index (κ2) is 7.76. The maximum Gasteiger partial charge on any atom is 0.178 e. The number of nitriles is 1. The molecule has 116 valence electrons. The molecule has 0 spiro atoms. The van der Waals surface area contributed by atoms with E-state index in [9.17, 15) is 10.1 Å². The number of carbonyl (C=O) groups excluding carboxylic acids is 1. The Kier molecular flexibility index (Phi) is 5.48. The third-order valence-electron chi connectivity index (χ3n) is 3.21. The smallest absolute Gasteiger partial charge is 0.178 e. The Balaban J connectivity index is 2.22. The fourth-order valence-corrected chi connectivity index (χ4v) is 2.02. The van der Waals surface area contributed by atoms with Gasteiger partial charge in [-0.3, -0.25) is 9.78 Å². The number of ketones is 1. The highest BCUT2D eigenvalue weighted by atomic mass is 16.5. The van der Waals surface area contributed by atoms with Crippen molar-refractivity contribution in [1.29, 1.82) is 5.26 Å². The third-order valence-corrected chi connectivity index (χ3v) is 3.21. The van der Waals surface area contributed by atoms with E-state index in [1.165, 1.54) is 6.08 Å². The van der Waals surface area contributed by atoms with Crippen molar-refractivity contribution in [2.45, 2.75) is 5.92 Å². The summed E-state index contributed by atoms with van der Waals surface area (Å²) in [5.74, 6) is 0.00366. The monoisotopic (exact) mass is 308 g/mol. The van der Waals surface area contributed by atoms with Crippen molar-refractivity contribution in [2.24, 2.45) is 0 Å². The molecule has 0 N–H and O–H groups in total. The minimum atomic E-state index is -0.917. The quantitative estimate of drug-likeness (QED) is 0.767.